The molecular weight excluding hydrogens is 422 g/mol. The Bertz CT molecular complexity index is 857. The molecule has 0 unspecified atom stereocenters. The number of likely N-dealkylation sites (N-methyl/N-ethyl adjacent to an activating group) is 1. The topological polar surface area (TPSA) is 83.0 Å². The van der Waals surface area contributed by atoms with Crippen molar-refractivity contribution in [2.45, 2.75) is 44.4 Å². The number of methoxy groups -OCH3 is 1. The van der Waals surface area contributed by atoms with Crippen molar-refractivity contribution in [2.75, 3.05) is 33.9 Å². The maximum atomic E-state index is 13.3. The van der Waals surface area contributed by atoms with Crippen molar-refractivity contribution in [1.29, 1.82) is 0 Å². The zero-order valence-electron chi connectivity index (χ0n) is 18.4. The first kappa shape index (κ1) is 24.9. The van der Waals surface area contributed by atoms with Crippen LogP contribution in [0.15, 0.2) is 40.7 Å². The summed E-state index contributed by atoms with van der Waals surface area (Å²) in [4.78, 5) is 6.66. The molecular formula is C21H33N3O4S2. The molecule has 1 aromatic carbocycles. The van der Waals surface area contributed by atoms with Crippen LogP contribution >= 0.6 is 11.3 Å². The highest BCUT2D eigenvalue weighted by atomic mass is 32.2. The van der Waals surface area contributed by atoms with Crippen LogP contribution in [-0.2, 0) is 21.3 Å². The monoisotopic (exact) mass is 455 g/mol. The van der Waals surface area contributed by atoms with Crippen LogP contribution in [0.1, 0.15) is 24.4 Å². The van der Waals surface area contributed by atoms with Crippen molar-refractivity contribution in [3.8, 4) is 0 Å². The molecule has 0 bridgehead atoms. The highest BCUT2D eigenvalue weighted by molar-refractivity contribution is 7.89. The molecule has 0 aliphatic heterocycles. The van der Waals surface area contributed by atoms with E-state index in [1.54, 1.807) is 55.8 Å². The first-order valence-corrected chi connectivity index (χ1v) is 12.3. The molecule has 0 saturated carbocycles. The van der Waals surface area contributed by atoms with Gasteiger partial charge in [0.05, 0.1) is 24.2 Å². The van der Waals surface area contributed by atoms with Gasteiger partial charge in [-0.3, -0.25) is 4.90 Å². The van der Waals surface area contributed by atoms with Crippen molar-refractivity contribution < 1.29 is 18.3 Å². The number of aliphatic hydroxyl groups is 1. The number of rotatable bonds is 12. The van der Waals surface area contributed by atoms with Crippen LogP contribution in [0, 0.1) is 12.8 Å². The minimum atomic E-state index is -3.74. The van der Waals surface area contributed by atoms with E-state index in [0.717, 1.165) is 10.6 Å². The smallest absolute Gasteiger partial charge is 0.243 e. The van der Waals surface area contributed by atoms with Crippen LogP contribution < -0.4 is 0 Å². The van der Waals surface area contributed by atoms with E-state index in [1.807, 2.05) is 26.3 Å². The molecule has 0 fully saturated rings. The number of aliphatic hydroxyl groups excluding tert-OH is 1. The number of nitrogens with zero attached hydrogens (tertiary/aromatic N) is 3. The van der Waals surface area contributed by atoms with E-state index in [0.29, 0.717) is 13.1 Å². The van der Waals surface area contributed by atoms with Gasteiger partial charge in [-0.25, -0.2) is 13.4 Å². The maximum absolute atomic E-state index is 13.3. The third kappa shape index (κ3) is 6.57. The lowest BCUT2D eigenvalue weighted by Gasteiger charge is -2.33. The lowest BCUT2D eigenvalue weighted by atomic mass is 10.0. The Balaban J connectivity index is 2.14. The van der Waals surface area contributed by atoms with Crippen molar-refractivity contribution >= 4 is 21.4 Å². The highest BCUT2D eigenvalue weighted by Crippen LogP contribution is 2.22. The fourth-order valence-electron chi connectivity index (χ4n) is 3.27. The van der Waals surface area contributed by atoms with Gasteiger partial charge in [0.15, 0.2) is 0 Å². The molecule has 0 aliphatic rings. The molecule has 0 aliphatic carbocycles. The van der Waals surface area contributed by atoms with Crippen molar-refractivity contribution in [2.24, 2.45) is 5.92 Å². The Labute approximate surface area is 184 Å². The normalized spacial score (nSPS) is 15.5. The fourth-order valence-corrected chi connectivity index (χ4v) is 5.69. The average molecular weight is 456 g/mol. The van der Waals surface area contributed by atoms with E-state index in [-0.39, 0.29) is 30.1 Å². The molecule has 0 saturated heterocycles. The molecule has 0 spiro atoms. The fraction of sp³-hybridized carbons (Fsp3) is 0.571. The molecule has 168 valence electrons. The first-order valence-electron chi connectivity index (χ1n) is 9.98. The Kier molecular flexibility index (Phi) is 9.39. The first-order chi connectivity index (χ1) is 14.2. The zero-order chi connectivity index (χ0) is 22.3. The number of aromatic nitrogens is 1. The number of aryl methyl sites for hydroxylation is 1. The quantitative estimate of drug-likeness (QED) is 0.530. The number of hydrogen-bond donors (Lipinski definition) is 1. The van der Waals surface area contributed by atoms with Crippen LogP contribution in [-0.4, -0.2) is 73.7 Å². The lowest BCUT2D eigenvalue weighted by Crippen LogP contribution is -2.46. The molecule has 2 rings (SSSR count). The molecule has 7 nitrogen and oxygen atoms in total. The van der Waals surface area contributed by atoms with E-state index < -0.39 is 16.1 Å². The van der Waals surface area contributed by atoms with E-state index in [4.69, 9.17) is 4.74 Å². The lowest BCUT2D eigenvalue weighted by molar-refractivity contribution is 0.0221. The maximum Gasteiger partial charge on any atom is 0.243 e. The third-order valence-corrected chi connectivity index (χ3v) is 7.93. The Hall–Kier alpha value is -1.36. The molecule has 1 aromatic heterocycles. The average Bonchev–Trinajstić information content (AvgIpc) is 3.22. The zero-order valence-corrected chi connectivity index (χ0v) is 20.0. The second-order valence-electron chi connectivity index (χ2n) is 7.79. The summed E-state index contributed by atoms with van der Waals surface area (Å²) in [6.45, 7) is 6.97. The molecule has 1 N–H and O–H groups in total. The Morgan fingerprint density at radius 1 is 1.20 bits per heavy atom. The summed E-state index contributed by atoms with van der Waals surface area (Å²) in [6.07, 6.45) is 1.62. The number of benzene rings is 1. The van der Waals surface area contributed by atoms with Gasteiger partial charge in [-0.05, 0) is 38.9 Å². The largest absolute Gasteiger partial charge is 0.395 e. The SMILES string of the molecule is CO[C@@H](CN(C)Cc1nccs1)[C@H](C)CN([C@@H](C)CO)S(=O)(=O)c1ccc(C)cc1. The van der Waals surface area contributed by atoms with Crippen LogP contribution in [0.5, 0.6) is 0 Å². The van der Waals surface area contributed by atoms with Gasteiger partial charge in [-0.2, -0.15) is 4.31 Å². The Morgan fingerprint density at radius 3 is 2.40 bits per heavy atom. The summed E-state index contributed by atoms with van der Waals surface area (Å²) in [7, 11) is -0.0968. The molecule has 1 heterocycles. The predicted molar refractivity (Wildman–Crippen MR) is 120 cm³/mol. The molecule has 0 radical (unpaired) electrons. The van der Waals surface area contributed by atoms with Gasteiger partial charge in [0, 0.05) is 37.8 Å². The third-order valence-electron chi connectivity index (χ3n) is 5.17. The van der Waals surface area contributed by atoms with Crippen LogP contribution in [0.2, 0.25) is 0 Å². The molecule has 30 heavy (non-hydrogen) atoms. The molecule has 3 atom stereocenters. The second-order valence-corrected chi connectivity index (χ2v) is 10.7. The summed E-state index contributed by atoms with van der Waals surface area (Å²) in [5, 5.41) is 12.7. The van der Waals surface area contributed by atoms with E-state index >= 15 is 0 Å². The van der Waals surface area contributed by atoms with Gasteiger partial charge in [-0.1, -0.05) is 24.6 Å². The van der Waals surface area contributed by atoms with E-state index in [1.165, 1.54) is 4.31 Å². The van der Waals surface area contributed by atoms with Crippen molar-refractivity contribution in [1.82, 2.24) is 14.2 Å². The molecule has 0 amide bonds. The minimum absolute atomic E-state index is 0.0806. The second kappa shape index (κ2) is 11.3. The Morgan fingerprint density at radius 2 is 1.87 bits per heavy atom. The van der Waals surface area contributed by atoms with Gasteiger partial charge >= 0.3 is 0 Å². The van der Waals surface area contributed by atoms with Crippen molar-refractivity contribution in [3.63, 3.8) is 0 Å². The van der Waals surface area contributed by atoms with Gasteiger partial charge in [0.25, 0.3) is 0 Å². The number of hydrogen-bond acceptors (Lipinski definition) is 7. The van der Waals surface area contributed by atoms with Crippen LogP contribution in [0.25, 0.3) is 0 Å². The van der Waals surface area contributed by atoms with Gasteiger partial charge in [-0.15, -0.1) is 11.3 Å². The minimum Gasteiger partial charge on any atom is -0.395 e. The standard InChI is InChI=1S/C21H33N3O4S2/c1-16-6-8-19(9-7-16)30(26,27)24(18(3)15-25)12-17(2)20(28-5)13-23(4)14-21-22-10-11-29-21/h6-11,17-18,20,25H,12-15H2,1-5H3/t17-,18+,20+/m1/s1. The highest BCUT2D eigenvalue weighted by Gasteiger charge is 2.32. The van der Waals surface area contributed by atoms with Crippen LogP contribution in [0.4, 0.5) is 0 Å². The summed E-state index contributed by atoms with van der Waals surface area (Å²) in [5.41, 5.74) is 0.992. The summed E-state index contributed by atoms with van der Waals surface area (Å²) in [6, 6.07) is 6.25. The van der Waals surface area contributed by atoms with E-state index in [2.05, 4.69) is 9.88 Å². The van der Waals surface area contributed by atoms with Gasteiger partial charge in [0.1, 0.15) is 5.01 Å². The van der Waals surface area contributed by atoms with Crippen molar-refractivity contribution in [3.05, 3.63) is 46.4 Å². The molecule has 9 heteroatoms. The summed E-state index contributed by atoms with van der Waals surface area (Å²) >= 11 is 1.60. The number of ether oxygens (including phenoxy) is 1. The number of thiazole rings is 1. The summed E-state index contributed by atoms with van der Waals surface area (Å²) < 4.78 is 33.7. The number of sulfonamides is 1. The molecule has 2 aromatic rings. The van der Waals surface area contributed by atoms with E-state index in [9.17, 15) is 13.5 Å². The van der Waals surface area contributed by atoms with Gasteiger partial charge < -0.3 is 9.84 Å². The predicted octanol–water partition coefficient (Wildman–Crippen LogP) is 2.61. The van der Waals surface area contributed by atoms with Gasteiger partial charge in [0.2, 0.25) is 10.0 Å². The summed E-state index contributed by atoms with van der Waals surface area (Å²) in [5.74, 6) is -0.0806. The van der Waals surface area contributed by atoms with Crippen LogP contribution in [0.3, 0.4) is 0 Å².